The Labute approximate surface area is 170 Å². The van der Waals surface area contributed by atoms with Crippen LogP contribution in [0.25, 0.3) is 0 Å². The lowest BCUT2D eigenvalue weighted by atomic mass is 9.78. The second kappa shape index (κ2) is 10.8. The van der Waals surface area contributed by atoms with E-state index in [4.69, 9.17) is 20.8 Å². The average molecular weight is 397 g/mol. The van der Waals surface area contributed by atoms with Gasteiger partial charge >= 0.3 is 15.1 Å². The van der Waals surface area contributed by atoms with E-state index in [9.17, 15) is 0 Å². The fourth-order valence-electron chi connectivity index (χ4n) is 2.68. The molecule has 1 aromatic rings. The summed E-state index contributed by atoms with van der Waals surface area (Å²) in [4.78, 5) is 0. The van der Waals surface area contributed by atoms with Crippen molar-refractivity contribution in [3.05, 3.63) is 28.8 Å². The standard InChI is InChI=1S/C15H24O.2C3H7O2.Al/c1-10-8-11(14(2,3)4)13(16)12(9-10)15(5,6)7;2*1-5-3-2-4;/h8-9,16H,1-7H3;2*2-3H2,1H3;/q;2*-1;+3/p-1. The largest absolute Gasteiger partial charge is 1.00 e. The van der Waals surface area contributed by atoms with Gasteiger partial charge in [0.05, 0.1) is 19.0 Å². The third-order valence-corrected chi connectivity index (χ3v) is 5.59. The van der Waals surface area contributed by atoms with Crippen molar-refractivity contribution in [2.45, 2.75) is 59.3 Å². The zero-order valence-corrected chi connectivity index (χ0v) is 19.8. The first-order valence-corrected chi connectivity index (χ1v) is 11.0. The molecule has 0 aliphatic carbocycles. The van der Waals surface area contributed by atoms with Gasteiger partial charge in [-0.1, -0.05) is 59.2 Å². The van der Waals surface area contributed by atoms with Crippen molar-refractivity contribution in [1.29, 1.82) is 0 Å². The minimum atomic E-state index is -2.40. The van der Waals surface area contributed by atoms with Gasteiger partial charge < -0.3 is 20.8 Å². The molecule has 0 heterocycles. The topological polar surface area (TPSA) is 46.2 Å². The maximum Gasteiger partial charge on any atom is 1.00 e. The fourth-order valence-corrected chi connectivity index (χ4v) is 3.94. The lowest BCUT2D eigenvalue weighted by molar-refractivity contribution is 0.0737. The zero-order valence-electron chi connectivity index (χ0n) is 18.6. The van der Waals surface area contributed by atoms with Crippen molar-refractivity contribution >= 4 is 15.1 Å². The van der Waals surface area contributed by atoms with Gasteiger partial charge in [0.25, 0.3) is 0 Å². The Morgan fingerprint density at radius 1 is 0.741 bits per heavy atom. The van der Waals surface area contributed by atoms with Crippen LogP contribution in [-0.2, 0) is 27.9 Å². The number of rotatable bonds is 10. The third-order valence-electron chi connectivity index (χ3n) is 4.15. The van der Waals surface area contributed by atoms with Crippen LogP contribution in [0.15, 0.2) is 12.1 Å². The van der Waals surface area contributed by atoms with Gasteiger partial charge in [-0.15, -0.1) is 0 Å². The number of hydrogen-bond donors (Lipinski definition) is 0. The van der Waals surface area contributed by atoms with Gasteiger partial charge in [-0.25, -0.2) is 0 Å². The first kappa shape index (κ1) is 24.4. The molecule has 0 fully saturated rings. The molecule has 0 saturated carbocycles. The van der Waals surface area contributed by atoms with E-state index in [1.807, 2.05) is 0 Å². The maximum atomic E-state index is 6.46. The molecule has 27 heavy (non-hydrogen) atoms. The molecule has 6 heteroatoms. The lowest BCUT2D eigenvalue weighted by Crippen LogP contribution is -2.35. The molecule has 0 spiro atoms. The number of ether oxygens (including phenoxy) is 2. The van der Waals surface area contributed by atoms with Crippen LogP contribution < -0.4 is 3.79 Å². The molecular formula is C21H37AlO5. The molecule has 0 radical (unpaired) electrons. The highest BCUT2D eigenvalue weighted by atomic mass is 27.3. The van der Waals surface area contributed by atoms with Gasteiger partial charge in [0.1, 0.15) is 0 Å². The van der Waals surface area contributed by atoms with Crippen molar-refractivity contribution in [2.24, 2.45) is 0 Å². The minimum absolute atomic E-state index is 0.0562. The van der Waals surface area contributed by atoms with Crippen LogP contribution in [0.4, 0.5) is 0 Å². The Hall–Kier alpha value is -0.608. The molecule has 1 rings (SSSR count). The predicted molar refractivity (Wildman–Crippen MR) is 111 cm³/mol. The average Bonchev–Trinajstić information content (AvgIpc) is 2.54. The van der Waals surface area contributed by atoms with E-state index < -0.39 is 15.1 Å². The quantitative estimate of drug-likeness (QED) is 0.436. The first-order valence-electron chi connectivity index (χ1n) is 9.54. The van der Waals surface area contributed by atoms with E-state index >= 15 is 0 Å². The van der Waals surface area contributed by atoms with E-state index in [0.717, 1.165) is 5.75 Å². The molecular weight excluding hydrogens is 359 g/mol. The van der Waals surface area contributed by atoms with Crippen LogP contribution in [0.5, 0.6) is 5.75 Å². The van der Waals surface area contributed by atoms with E-state index in [-0.39, 0.29) is 10.8 Å². The van der Waals surface area contributed by atoms with Gasteiger partial charge in [-0.3, -0.25) is 0 Å². The SMILES string of the molecule is COCC[O][Al]([O]CCOC)[O]c1c(C(C)(C)C)cc(C)cc1C(C)(C)C. The van der Waals surface area contributed by atoms with Gasteiger partial charge in [0, 0.05) is 27.4 Å². The van der Waals surface area contributed by atoms with Gasteiger partial charge in [-0.2, -0.15) is 0 Å². The molecule has 0 aliphatic heterocycles. The first-order chi connectivity index (χ1) is 12.5. The van der Waals surface area contributed by atoms with E-state index in [0.29, 0.717) is 26.4 Å². The van der Waals surface area contributed by atoms with E-state index in [1.54, 1.807) is 14.2 Å². The van der Waals surface area contributed by atoms with Gasteiger partial charge in [0.2, 0.25) is 0 Å². The summed E-state index contributed by atoms with van der Waals surface area (Å²) in [6.45, 7) is 17.3. The van der Waals surface area contributed by atoms with E-state index in [2.05, 4.69) is 60.6 Å². The fraction of sp³-hybridized carbons (Fsp3) is 0.714. The molecule has 0 unspecified atom stereocenters. The van der Waals surface area contributed by atoms with Crippen LogP contribution in [0.3, 0.4) is 0 Å². The lowest BCUT2D eigenvalue weighted by Gasteiger charge is -2.32. The Morgan fingerprint density at radius 2 is 1.15 bits per heavy atom. The summed E-state index contributed by atoms with van der Waals surface area (Å²) in [5.41, 5.74) is 3.47. The van der Waals surface area contributed by atoms with Crippen LogP contribution in [-0.4, -0.2) is 55.8 Å². The van der Waals surface area contributed by atoms with Gasteiger partial charge in [-0.05, 0) is 28.9 Å². The second-order valence-electron chi connectivity index (χ2n) is 8.82. The van der Waals surface area contributed by atoms with Crippen molar-refractivity contribution in [3.63, 3.8) is 0 Å². The highest BCUT2D eigenvalue weighted by molar-refractivity contribution is 6.37. The molecule has 0 amide bonds. The molecule has 0 saturated heterocycles. The summed E-state index contributed by atoms with van der Waals surface area (Å²) in [7, 11) is 3.31. The predicted octanol–water partition coefficient (Wildman–Crippen LogP) is 4.28. The van der Waals surface area contributed by atoms with Crippen LogP contribution in [0, 0.1) is 6.92 Å². The molecule has 0 atom stereocenters. The van der Waals surface area contributed by atoms with E-state index in [1.165, 1.54) is 16.7 Å². The maximum absolute atomic E-state index is 6.46. The summed E-state index contributed by atoms with van der Waals surface area (Å²) in [5, 5.41) is 0. The summed E-state index contributed by atoms with van der Waals surface area (Å²) in [6, 6.07) is 4.42. The Balaban J connectivity index is 3.28. The summed E-state index contributed by atoms with van der Waals surface area (Å²) >= 11 is -2.40. The van der Waals surface area contributed by atoms with Crippen molar-refractivity contribution in [1.82, 2.24) is 0 Å². The molecule has 154 valence electrons. The number of benzene rings is 1. The highest BCUT2D eigenvalue weighted by Gasteiger charge is 2.38. The molecule has 1 aromatic carbocycles. The van der Waals surface area contributed by atoms with Crippen LogP contribution >= 0.6 is 0 Å². The van der Waals surface area contributed by atoms with Crippen molar-refractivity contribution in [2.75, 3.05) is 40.6 Å². The highest BCUT2D eigenvalue weighted by Crippen LogP contribution is 2.41. The van der Waals surface area contributed by atoms with Crippen molar-refractivity contribution < 1.29 is 20.8 Å². The summed E-state index contributed by atoms with van der Waals surface area (Å²) in [6.07, 6.45) is 0. The van der Waals surface area contributed by atoms with Crippen LogP contribution in [0.1, 0.15) is 58.2 Å². The molecule has 0 bridgehead atoms. The number of methoxy groups -OCH3 is 2. The Morgan fingerprint density at radius 3 is 1.48 bits per heavy atom. The number of hydrogen-bond acceptors (Lipinski definition) is 5. The molecule has 0 aromatic heterocycles. The van der Waals surface area contributed by atoms with Crippen LogP contribution in [0.2, 0.25) is 0 Å². The minimum Gasteiger partial charge on any atom is -0.598 e. The zero-order chi connectivity index (χ0) is 20.7. The number of aryl methyl sites for hydroxylation is 1. The normalized spacial score (nSPS) is 12.3. The Kier molecular flexibility index (Phi) is 9.78. The third kappa shape index (κ3) is 8.11. The second-order valence-corrected chi connectivity index (χ2v) is 10.3. The monoisotopic (exact) mass is 396 g/mol. The Bertz CT molecular complexity index is 530. The van der Waals surface area contributed by atoms with Gasteiger partial charge in [0.15, 0.2) is 0 Å². The summed E-state index contributed by atoms with van der Waals surface area (Å²) < 4.78 is 28.5. The molecule has 0 aliphatic rings. The molecule has 0 N–H and O–H groups in total. The smallest absolute Gasteiger partial charge is 0.598 e. The van der Waals surface area contributed by atoms with Crippen molar-refractivity contribution in [3.8, 4) is 5.75 Å². The molecule has 5 nitrogen and oxygen atoms in total. The summed E-state index contributed by atoms with van der Waals surface area (Å²) in [5.74, 6) is 0.895.